The van der Waals surface area contributed by atoms with Crippen LogP contribution in [0, 0.1) is 35.0 Å². The highest BCUT2D eigenvalue weighted by Gasteiger charge is 2.55. The molecule has 0 radical (unpaired) electrons. The molecule has 3 saturated carbocycles. The number of alkyl carbamates (subject to hydrolysis) is 2. The molecule has 3 rings (SSSR count). The van der Waals surface area contributed by atoms with Gasteiger partial charge in [0, 0.05) is 30.7 Å². The normalized spacial score (nSPS) is 28.5. The van der Waals surface area contributed by atoms with Crippen molar-refractivity contribution in [2.75, 3.05) is 32.9 Å². The van der Waals surface area contributed by atoms with Crippen LogP contribution in [0.3, 0.4) is 0 Å². The molecule has 0 aromatic carbocycles. The molecule has 2 amide bonds. The Hall–Kier alpha value is -3.04. The molecule has 3 aliphatic rings. The minimum absolute atomic E-state index is 0.0182. The lowest BCUT2D eigenvalue weighted by molar-refractivity contribution is -0.138. The third-order valence-corrected chi connectivity index (χ3v) is 9.04. The predicted molar refractivity (Wildman–Crippen MR) is 153 cm³/mol. The standard InChI is InChI=1S/C31H48N2O8/c1-5-27(34)38-13-9-7-11-32-29(36)40-20-31(4)18-23-15-24(19-31)26-17-22(16-25(23)26)21(3)41-30(37)33-12-8-10-14-39-28(35)6-2/h5-6,21-26H,1-2,7-20H2,3-4H3,(H,32,36)(H,33,37). The van der Waals surface area contributed by atoms with E-state index in [4.69, 9.17) is 18.9 Å². The summed E-state index contributed by atoms with van der Waals surface area (Å²) in [4.78, 5) is 46.6. The molecule has 5 atom stereocenters. The summed E-state index contributed by atoms with van der Waals surface area (Å²) in [5, 5.41) is 5.59. The largest absolute Gasteiger partial charge is 0.463 e. The van der Waals surface area contributed by atoms with Crippen LogP contribution in [0.25, 0.3) is 0 Å². The second kappa shape index (κ2) is 15.8. The Morgan fingerprint density at radius 3 is 1.83 bits per heavy atom. The molecule has 10 heteroatoms. The van der Waals surface area contributed by atoms with Gasteiger partial charge in [-0.2, -0.15) is 0 Å². The van der Waals surface area contributed by atoms with Crippen molar-refractivity contribution in [3.63, 3.8) is 0 Å². The molecule has 0 saturated heterocycles. The molecule has 5 unspecified atom stereocenters. The number of carbonyl (C=O) groups is 4. The molecule has 0 heterocycles. The first-order valence-corrected chi connectivity index (χ1v) is 15.1. The zero-order chi connectivity index (χ0) is 29.8. The molecular formula is C31H48N2O8. The lowest BCUT2D eigenvalue weighted by Gasteiger charge is -2.39. The zero-order valence-corrected chi connectivity index (χ0v) is 24.7. The number of esters is 2. The van der Waals surface area contributed by atoms with E-state index in [1.165, 1.54) is 6.42 Å². The monoisotopic (exact) mass is 576 g/mol. The molecule has 3 aliphatic carbocycles. The van der Waals surface area contributed by atoms with E-state index >= 15 is 0 Å². The molecule has 3 fully saturated rings. The average molecular weight is 577 g/mol. The molecule has 2 N–H and O–H groups in total. The van der Waals surface area contributed by atoms with E-state index in [0.717, 1.165) is 37.8 Å². The van der Waals surface area contributed by atoms with Crippen molar-refractivity contribution in [2.45, 2.75) is 77.7 Å². The van der Waals surface area contributed by atoms with Gasteiger partial charge in [0.2, 0.25) is 0 Å². The first-order chi connectivity index (χ1) is 19.6. The fourth-order valence-electron chi connectivity index (χ4n) is 7.18. The summed E-state index contributed by atoms with van der Waals surface area (Å²) in [6.45, 7) is 12.9. The predicted octanol–water partition coefficient (Wildman–Crippen LogP) is 4.92. The third kappa shape index (κ3) is 10.1. The van der Waals surface area contributed by atoms with E-state index in [9.17, 15) is 19.2 Å². The fraction of sp³-hybridized carbons (Fsp3) is 0.742. The molecule has 0 spiro atoms. The van der Waals surface area contributed by atoms with Crippen LogP contribution in [-0.2, 0) is 28.5 Å². The summed E-state index contributed by atoms with van der Waals surface area (Å²) >= 11 is 0. The Bertz CT molecular complexity index is 917. The smallest absolute Gasteiger partial charge is 0.407 e. The van der Waals surface area contributed by atoms with Crippen molar-refractivity contribution in [2.24, 2.45) is 35.0 Å². The maximum atomic E-state index is 12.3. The van der Waals surface area contributed by atoms with E-state index in [0.29, 0.717) is 88.2 Å². The number of hydrogen-bond acceptors (Lipinski definition) is 8. The Balaban J connectivity index is 1.31. The summed E-state index contributed by atoms with van der Waals surface area (Å²) in [6, 6.07) is 0. The van der Waals surface area contributed by atoms with Gasteiger partial charge >= 0.3 is 24.1 Å². The van der Waals surface area contributed by atoms with Gasteiger partial charge < -0.3 is 29.6 Å². The van der Waals surface area contributed by atoms with Crippen molar-refractivity contribution in [3.8, 4) is 0 Å². The molecule has 0 aliphatic heterocycles. The minimum atomic E-state index is -0.438. The van der Waals surface area contributed by atoms with Crippen LogP contribution in [0.4, 0.5) is 9.59 Å². The molecule has 10 nitrogen and oxygen atoms in total. The lowest BCUT2D eigenvalue weighted by atomic mass is 9.68. The van der Waals surface area contributed by atoms with Crippen molar-refractivity contribution >= 4 is 24.1 Å². The molecule has 0 aromatic rings. The van der Waals surface area contributed by atoms with Gasteiger partial charge in [-0.15, -0.1) is 0 Å². The molecular weight excluding hydrogens is 528 g/mol. The van der Waals surface area contributed by atoms with Crippen LogP contribution in [0.2, 0.25) is 0 Å². The molecule has 2 bridgehead atoms. The number of ether oxygens (including phenoxy) is 4. The quantitative estimate of drug-likeness (QED) is 0.115. The number of carbonyl (C=O) groups excluding carboxylic acids is 4. The minimum Gasteiger partial charge on any atom is -0.463 e. The van der Waals surface area contributed by atoms with Gasteiger partial charge in [-0.05, 0) is 94.3 Å². The first-order valence-electron chi connectivity index (χ1n) is 15.1. The number of nitrogens with one attached hydrogen (secondary N) is 2. The Morgan fingerprint density at radius 1 is 0.805 bits per heavy atom. The second-order valence-electron chi connectivity index (χ2n) is 12.2. The van der Waals surface area contributed by atoms with E-state index in [2.05, 4.69) is 30.7 Å². The highest BCUT2D eigenvalue weighted by atomic mass is 16.6. The van der Waals surface area contributed by atoms with Crippen molar-refractivity contribution in [1.82, 2.24) is 10.6 Å². The van der Waals surface area contributed by atoms with Gasteiger partial charge in [0.15, 0.2) is 0 Å². The highest BCUT2D eigenvalue weighted by molar-refractivity contribution is 5.81. The van der Waals surface area contributed by atoms with Gasteiger partial charge in [-0.1, -0.05) is 20.1 Å². The SMILES string of the molecule is C=CC(=O)OCCCCNC(=O)OCC1(C)CC2CC(C1)C1CC(C(C)OC(=O)NCCCCOC(=O)C=C)CC21. The second-order valence-corrected chi connectivity index (χ2v) is 12.2. The average Bonchev–Trinajstić information content (AvgIpc) is 3.50. The molecule has 230 valence electrons. The third-order valence-electron chi connectivity index (χ3n) is 9.04. The molecule has 0 aromatic heterocycles. The van der Waals surface area contributed by atoms with Crippen molar-refractivity contribution in [1.29, 1.82) is 0 Å². The maximum absolute atomic E-state index is 12.3. The van der Waals surface area contributed by atoms with Gasteiger partial charge in [0.25, 0.3) is 0 Å². The number of amides is 2. The number of fused-ring (bicyclic) bond motifs is 5. The summed E-state index contributed by atoms with van der Waals surface area (Å²) in [5.41, 5.74) is -0.0182. The number of hydrogen-bond donors (Lipinski definition) is 2. The lowest BCUT2D eigenvalue weighted by Crippen LogP contribution is -2.36. The van der Waals surface area contributed by atoms with E-state index in [1.807, 2.05) is 6.92 Å². The van der Waals surface area contributed by atoms with Crippen LogP contribution >= 0.6 is 0 Å². The number of unbranched alkanes of at least 4 members (excludes halogenated alkanes) is 2. The van der Waals surface area contributed by atoms with Gasteiger partial charge in [0.05, 0.1) is 19.8 Å². The van der Waals surface area contributed by atoms with Crippen LogP contribution < -0.4 is 10.6 Å². The molecule has 41 heavy (non-hydrogen) atoms. The Labute approximate surface area is 243 Å². The van der Waals surface area contributed by atoms with Crippen LogP contribution in [0.5, 0.6) is 0 Å². The van der Waals surface area contributed by atoms with E-state index < -0.39 is 24.1 Å². The Kier molecular flexibility index (Phi) is 12.5. The zero-order valence-electron chi connectivity index (χ0n) is 24.7. The van der Waals surface area contributed by atoms with Crippen molar-refractivity contribution in [3.05, 3.63) is 25.3 Å². The fourth-order valence-corrected chi connectivity index (χ4v) is 7.18. The van der Waals surface area contributed by atoms with E-state index in [1.54, 1.807) is 0 Å². The first kappa shape index (κ1) is 32.5. The van der Waals surface area contributed by atoms with Crippen LogP contribution in [-0.4, -0.2) is 63.1 Å². The topological polar surface area (TPSA) is 129 Å². The summed E-state index contributed by atoms with van der Waals surface area (Å²) in [7, 11) is 0. The number of rotatable bonds is 16. The highest BCUT2D eigenvalue weighted by Crippen LogP contribution is 2.62. The van der Waals surface area contributed by atoms with Crippen molar-refractivity contribution < 1.29 is 38.1 Å². The Morgan fingerprint density at radius 2 is 1.32 bits per heavy atom. The maximum Gasteiger partial charge on any atom is 0.407 e. The summed E-state index contributed by atoms with van der Waals surface area (Å²) < 4.78 is 21.2. The van der Waals surface area contributed by atoms with Gasteiger partial charge in [-0.3, -0.25) is 0 Å². The van der Waals surface area contributed by atoms with Gasteiger partial charge in [-0.25, -0.2) is 19.2 Å². The van der Waals surface area contributed by atoms with Crippen LogP contribution in [0.1, 0.15) is 71.6 Å². The van der Waals surface area contributed by atoms with E-state index in [-0.39, 0.29) is 11.5 Å². The van der Waals surface area contributed by atoms with Gasteiger partial charge in [0.1, 0.15) is 6.10 Å². The summed E-state index contributed by atoms with van der Waals surface area (Å²) in [5.74, 6) is 2.02. The van der Waals surface area contributed by atoms with Crippen LogP contribution in [0.15, 0.2) is 25.3 Å². The summed E-state index contributed by atoms with van der Waals surface area (Å²) in [6.07, 6.45) is 9.58.